The van der Waals surface area contributed by atoms with E-state index in [1.54, 1.807) is 0 Å². The van der Waals surface area contributed by atoms with Gasteiger partial charge < -0.3 is 4.98 Å². The van der Waals surface area contributed by atoms with E-state index >= 15 is 0 Å². The van der Waals surface area contributed by atoms with Gasteiger partial charge in [0.15, 0.2) is 0 Å². The minimum Gasteiger partial charge on any atom is -0.337 e. The van der Waals surface area contributed by atoms with E-state index in [0.29, 0.717) is 6.20 Å². The molecule has 2 aromatic rings. The summed E-state index contributed by atoms with van der Waals surface area (Å²) in [6.07, 6.45) is -4.03. The summed E-state index contributed by atoms with van der Waals surface area (Å²) in [5, 5.41) is 0. The molecule has 0 bridgehead atoms. The molecule has 120 valence electrons. The third-order valence-corrected chi connectivity index (χ3v) is 4.22. The molecule has 0 aliphatic rings. The van der Waals surface area contributed by atoms with Gasteiger partial charge in [0.2, 0.25) is 10.0 Å². The van der Waals surface area contributed by atoms with Crippen LogP contribution in [-0.2, 0) is 22.7 Å². The summed E-state index contributed by atoms with van der Waals surface area (Å²) in [5.41, 5.74) is -0.803. The molecule has 0 spiro atoms. The van der Waals surface area contributed by atoms with Crippen LogP contribution in [0.15, 0.2) is 29.3 Å². The fourth-order valence-electron chi connectivity index (χ4n) is 1.58. The van der Waals surface area contributed by atoms with Crippen molar-refractivity contribution in [1.82, 2.24) is 14.7 Å². The van der Waals surface area contributed by atoms with E-state index in [4.69, 9.17) is 0 Å². The van der Waals surface area contributed by atoms with Crippen molar-refractivity contribution in [2.45, 2.75) is 24.5 Å². The number of aromatic amines is 1. The zero-order chi connectivity index (χ0) is 16.5. The molecular formula is C12H11F4N3O2S. The van der Waals surface area contributed by atoms with Gasteiger partial charge in [-0.1, -0.05) is 6.07 Å². The van der Waals surface area contributed by atoms with Gasteiger partial charge in [0.1, 0.15) is 17.3 Å². The Morgan fingerprint density at radius 2 is 2.00 bits per heavy atom. The van der Waals surface area contributed by atoms with Crippen molar-refractivity contribution in [1.29, 1.82) is 0 Å². The number of aryl methyl sites for hydroxylation is 1. The van der Waals surface area contributed by atoms with Crippen molar-refractivity contribution >= 4 is 10.0 Å². The predicted octanol–water partition coefficient (Wildman–Crippen LogP) is 2.35. The first-order chi connectivity index (χ1) is 10.1. The standard InChI is InChI=1S/C12H11F4N3O2S/c1-7-2-3-8(4-9(7)13)22(20,21)18-6-11-17-5-10(19-11)12(14,15)16/h2-5,18H,6H2,1H3,(H,17,19). The maximum absolute atomic E-state index is 13.4. The highest BCUT2D eigenvalue weighted by Gasteiger charge is 2.33. The molecule has 0 radical (unpaired) electrons. The average Bonchev–Trinajstić information content (AvgIpc) is 2.88. The maximum atomic E-state index is 13.4. The maximum Gasteiger partial charge on any atom is 0.432 e. The van der Waals surface area contributed by atoms with Crippen LogP contribution in [0.25, 0.3) is 0 Å². The van der Waals surface area contributed by atoms with Crippen molar-refractivity contribution in [3.63, 3.8) is 0 Å². The van der Waals surface area contributed by atoms with Crippen LogP contribution in [0.1, 0.15) is 17.1 Å². The van der Waals surface area contributed by atoms with Gasteiger partial charge in [-0.3, -0.25) is 0 Å². The van der Waals surface area contributed by atoms with E-state index in [1.807, 2.05) is 9.71 Å². The first kappa shape index (κ1) is 16.4. The smallest absolute Gasteiger partial charge is 0.337 e. The Bertz CT molecular complexity index is 784. The van der Waals surface area contributed by atoms with Gasteiger partial charge in [-0.25, -0.2) is 22.5 Å². The van der Waals surface area contributed by atoms with Crippen LogP contribution in [-0.4, -0.2) is 18.4 Å². The highest BCUT2D eigenvalue weighted by atomic mass is 32.2. The van der Waals surface area contributed by atoms with Crippen LogP contribution in [0.3, 0.4) is 0 Å². The topological polar surface area (TPSA) is 74.8 Å². The van der Waals surface area contributed by atoms with Gasteiger partial charge in [-0.05, 0) is 24.6 Å². The van der Waals surface area contributed by atoms with Gasteiger partial charge in [0.25, 0.3) is 0 Å². The molecule has 2 rings (SSSR count). The van der Waals surface area contributed by atoms with Gasteiger partial charge in [-0.15, -0.1) is 0 Å². The number of alkyl halides is 3. The van der Waals surface area contributed by atoms with Crippen LogP contribution in [0.2, 0.25) is 0 Å². The van der Waals surface area contributed by atoms with Crippen molar-refractivity contribution in [3.05, 3.63) is 47.3 Å². The number of hydrogen-bond donors (Lipinski definition) is 2. The number of benzene rings is 1. The summed E-state index contributed by atoms with van der Waals surface area (Å²) in [6, 6.07) is 3.32. The number of hydrogen-bond acceptors (Lipinski definition) is 3. The molecule has 10 heteroatoms. The lowest BCUT2D eigenvalue weighted by Gasteiger charge is -2.06. The Labute approximate surface area is 123 Å². The van der Waals surface area contributed by atoms with Gasteiger partial charge >= 0.3 is 6.18 Å². The first-order valence-corrected chi connectivity index (χ1v) is 7.45. The zero-order valence-corrected chi connectivity index (χ0v) is 12.0. The molecule has 0 atom stereocenters. The van der Waals surface area contributed by atoms with Crippen molar-refractivity contribution in [2.75, 3.05) is 0 Å². The van der Waals surface area contributed by atoms with Crippen LogP contribution in [0.4, 0.5) is 17.6 Å². The minimum absolute atomic E-state index is 0.205. The Kier molecular flexibility index (Phi) is 4.25. The SMILES string of the molecule is Cc1ccc(S(=O)(=O)NCc2ncc(C(F)(F)F)[nH]2)cc1F. The van der Waals surface area contributed by atoms with Gasteiger partial charge in [0, 0.05) is 0 Å². The molecule has 5 nitrogen and oxygen atoms in total. The fraction of sp³-hybridized carbons (Fsp3) is 0.250. The molecular weight excluding hydrogens is 326 g/mol. The van der Waals surface area contributed by atoms with E-state index in [9.17, 15) is 26.0 Å². The highest BCUT2D eigenvalue weighted by Crippen LogP contribution is 2.27. The fourth-order valence-corrected chi connectivity index (χ4v) is 2.58. The number of sulfonamides is 1. The van der Waals surface area contributed by atoms with E-state index in [2.05, 4.69) is 4.98 Å². The van der Waals surface area contributed by atoms with Crippen molar-refractivity contribution in [2.24, 2.45) is 0 Å². The van der Waals surface area contributed by atoms with E-state index in [0.717, 1.165) is 6.07 Å². The molecule has 0 saturated carbocycles. The first-order valence-electron chi connectivity index (χ1n) is 5.96. The van der Waals surface area contributed by atoms with Gasteiger partial charge in [0.05, 0.1) is 17.6 Å². The molecule has 22 heavy (non-hydrogen) atoms. The molecule has 1 heterocycles. The quantitative estimate of drug-likeness (QED) is 0.841. The largest absolute Gasteiger partial charge is 0.432 e. The second-order valence-electron chi connectivity index (χ2n) is 4.48. The molecule has 0 amide bonds. The Morgan fingerprint density at radius 3 is 2.55 bits per heavy atom. The molecule has 0 fully saturated rings. The molecule has 2 N–H and O–H groups in total. The third kappa shape index (κ3) is 3.63. The molecule has 1 aromatic carbocycles. The Morgan fingerprint density at radius 1 is 1.32 bits per heavy atom. The number of nitrogens with zero attached hydrogens (tertiary/aromatic N) is 1. The van der Waals surface area contributed by atoms with Crippen molar-refractivity contribution < 1.29 is 26.0 Å². The van der Waals surface area contributed by atoms with E-state index < -0.39 is 34.3 Å². The Hall–Kier alpha value is -1.94. The highest BCUT2D eigenvalue weighted by molar-refractivity contribution is 7.89. The molecule has 0 unspecified atom stereocenters. The number of nitrogens with one attached hydrogen (secondary N) is 2. The van der Waals surface area contributed by atoms with E-state index in [1.165, 1.54) is 19.1 Å². The number of H-pyrrole nitrogens is 1. The number of aromatic nitrogens is 2. The summed E-state index contributed by atoms with van der Waals surface area (Å²) in [6.45, 7) is 0.995. The number of rotatable bonds is 4. The normalized spacial score (nSPS) is 12.6. The number of halogens is 4. The van der Waals surface area contributed by atoms with Crippen molar-refractivity contribution in [3.8, 4) is 0 Å². The number of imidazole rings is 1. The van der Waals surface area contributed by atoms with Crippen LogP contribution in [0, 0.1) is 12.7 Å². The lowest BCUT2D eigenvalue weighted by atomic mass is 10.2. The van der Waals surface area contributed by atoms with Crippen LogP contribution in [0.5, 0.6) is 0 Å². The minimum atomic E-state index is -4.59. The molecule has 0 saturated heterocycles. The summed E-state index contributed by atoms with van der Waals surface area (Å²) < 4.78 is 76.4. The van der Waals surface area contributed by atoms with Gasteiger partial charge in [-0.2, -0.15) is 13.2 Å². The summed E-state index contributed by atoms with van der Waals surface area (Å²) in [5.74, 6) is -0.899. The third-order valence-electron chi connectivity index (χ3n) is 2.82. The molecule has 0 aliphatic heterocycles. The summed E-state index contributed by atoms with van der Waals surface area (Å²) in [4.78, 5) is 5.07. The zero-order valence-electron chi connectivity index (χ0n) is 11.2. The van der Waals surface area contributed by atoms with Crippen LogP contribution < -0.4 is 4.72 Å². The second-order valence-corrected chi connectivity index (χ2v) is 6.24. The second kappa shape index (κ2) is 5.69. The average molecular weight is 337 g/mol. The van der Waals surface area contributed by atoms with E-state index in [-0.39, 0.29) is 16.3 Å². The summed E-state index contributed by atoms with van der Waals surface area (Å²) in [7, 11) is -4.06. The van der Waals surface area contributed by atoms with Crippen LogP contribution >= 0.6 is 0 Å². The lowest BCUT2D eigenvalue weighted by molar-refractivity contribution is -0.140. The predicted molar refractivity (Wildman–Crippen MR) is 68.8 cm³/mol. The summed E-state index contributed by atoms with van der Waals surface area (Å²) >= 11 is 0. The lowest BCUT2D eigenvalue weighted by Crippen LogP contribution is -2.24. The monoisotopic (exact) mass is 337 g/mol. The molecule has 1 aromatic heterocycles. The molecule has 0 aliphatic carbocycles. The Balaban J connectivity index is 2.13.